The quantitative estimate of drug-likeness (QED) is 0.643. The number of carbonyl (C=O) groups excluding carboxylic acids is 1. The van der Waals surface area contributed by atoms with Crippen molar-refractivity contribution in [3.63, 3.8) is 0 Å². The number of aromatic amines is 1. The number of nitrogens with one attached hydrogen (secondary N) is 1. The summed E-state index contributed by atoms with van der Waals surface area (Å²) in [5, 5.41) is 11.2. The third-order valence-corrected chi connectivity index (χ3v) is 6.01. The van der Waals surface area contributed by atoms with Gasteiger partial charge in [0.05, 0.1) is 19.6 Å². The van der Waals surface area contributed by atoms with Crippen molar-refractivity contribution in [2.75, 3.05) is 26.3 Å². The summed E-state index contributed by atoms with van der Waals surface area (Å²) in [6, 6.07) is 17.8. The number of aliphatic hydroxyl groups is 1. The van der Waals surface area contributed by atoms with Crippen LogP contribution in [0, 0.1) is 5.41 Å². The first-order valence-corrected chi connectivity index (χ1v) is 10.3. The van der Waals surface area contributed by atoms with Gasteiger partial charge in [0.15, 0.2) is 0 Å². The number of benzene rings is 2. The van der Waals surface area contributed by atoms with Crippen molar-refractivity contribution >= 4 is 16.8 Å². The van der Waals surface area contributed by atoms with Crippen LogP contribution in [0.25, 0.3) is 10.9 Å². The fourth-order valence-corrected chi connectivity index (χ4v) is 4.29. The Balaban J connectivity index is 1.38. The minimum atomic E-state index is -0.289. The number of carbonyl (C=O) groups is 1. The van der Waals surface area contributed by atoms with Gasteiger partial charge in [-0.3, -0.25) is 4.79 Å². The first kappa shape index (κ1) is 19.5. The lowest BCUT2D eigenvalue weighted by molar-refractivity contribution is -0.135. The number of hydrogen-bond acceptors (Lipinski definition) is 3. The van der Waals surface area contributed by atoms with Crippen molar-refractivity contribution in [3.05, 3.63) is 66.4 Å². The van der Waals surface area contributed by atoms with E-state index in [1.165, 1.54) is 0 Å². The topological polar surface area (TPSA) is 65.6 Å². The van der Waals surface area contributed by atoms with Gasteiger partial charge in [0, 0.05) is 35.6 Å². The number of fused-ring (bicyclic) bond motifs is 1. The lowest BCUT2D eigenvalue weighted by Crippen LogP contribution is -2.49. The molecule has 0 radical (unpaired) electrons. The zero-order valence-electron chi connectivity index (χ0n) is 16.6. The van der Waals surface area contributed by atoms with E-state index < -0.39 is 0 Å². The number of ether oxygens (including phenoxy) is 1. The van der Waals surface area contributed by atoms with Crippen molar-refractivity contribution in [1.82, 2.24) is 9.88 Å². The van der Waals surface area contributed by atoms with Gasteiger partial charge in [0.1, 0.15) is 5.75 Å². The van der Waals surface area contributed by atoms with Gasteiger partial charge in [-0.05, 0) is 43.0 Å². The molecule has 2 heterocycles. The Kier molecular flexibility index (Phi) is 5.86. The number of H-pyrrole nitrogens is 1. The Morgan fingerprint density at radius 2 is 1.93 bits per heavy atom. The molecule has 1 aromatic heterocycles. The summed E-state index contributed by atoms with van der Waals surface area (Å²) < 4.78 is 5.85. The molecule has 0 spiro atoms. The molecule has 1 atom stereocenters. The second kappa shape index (κ2) is 8.70. The highest BCUT2D eigenvalue weighted by molar-refractivity contribution is 5.88. The summed E-state index contributed by atoms with van der Waals surface area (Å²) in [5.41, 5.74) is 1.79. The van der Waals surface area contributed by atoms with Crippen LogP contribution in [-0.4, -0.2) is 47.2 Å². The van der Waals surface area contributed by atoms with Crippen molar-refractivity contribution < 1.29 is 14.6 Å². The third kappa shape index (κ3) is 4.46. The summed E-state index contributed by atoms with van der Waals surface area (Å²) in [5.74, 6) is 0.958. The normalized spacial score (nSPS) is 19.4. The molecule has 3 aromatic rings. The van der Waals surface area contributed by atoms with E-state index in [4.69, 9.17) is 4.74 Å². The zero-order valence-corrected chi connectivity index (χ0v) is 16.6. The van der Waals surface area contributed by atoms with E-state index in [0.29, 0.717) is 19.6 Å². The number of rotatable bonds is 7. The van der Waals surface area contributed by atoms with Crippen LogP contribution in [0.4, 0.5) is 0 Å². The highest BCUT2D eigenvalue weighted by Gasteiger charge is 2.36. The molecule has 1 fully saturated rings. The van der Waals surface area contributed by atoms with Crippen LogP contribution < -0.4 is 4.74 Å². The van der Waals surface area contributed by atoms with Crippen LogP contribution in [-0.2, 0) is 11.2 Å². The van der Waals surface area contributed by atoms with Crippen LogP contribution in [0.15, 0.2) is 60.8 Å². The van der Waals surface area contributed by atoms with Gasteiger partial charge in [-0.1, -0.05) is 36.4 Å². The Bertz CT molecular complexity index is 953. The first-order valence-electron chi connectivity index (χ1n) is 10.3. The average Bonchev–Trinajstić information content (AvgIpc) is 3.17. The van der Waals surface area contributed by atoms with Crippen molar-refractivity contribution in [1.29, 1.82) is 0 Å². The molecule has 1 aliphatic rings. The second-order valence-corrected chi connectivity index (χ2v) is 8.02. The number of hydrogen-bond donors (Lipinski definition) is 2. The largest absolute Gasteiger partial charge is 0.494 e. The average molecular weight is 392 g/mol. The van der Waals surface area contributed by atoms with Gasteiger partial charge in [0.25, 0.3) is 0 Å². The summed E-state index contributed by atoms with van der Waals surface area (Å²) in [6.07, 6.45) is 4.87. The van der Waals surface area contributed by atoms with Crippen LogP contribution in [0.2, 0.25) is 0 Å². The predicted octanol–water partition coefficient (Wildman–Crippen LogP) is 3.78. The third-order valence-electron chi connectivity index (χ3n) is 6.01. The molecule has 1 aliphatic heterocycles. The maximum absolute atomic E-state index is 13.0. The summed E-state index contributed by atoms with van der Waals surface area (Å²) >= 11 is 0. The standard InChI is InChI=1S/C24H28N2O3/c27-18-24(12-14-29-20-7-2-1-3-8-20)11-6-13-26(17-24)23(28)15-19-16-25-22-10-5-4-9-21(19)22/h1-5,7-10,16,25,27H,6,11-15,17-18H2/t24-/m1/s1. The molecule has 2 aromatic carbocycles. The number of aromatic nitrogens is 1. The van der Waals surface area contributed by atoms with Gasteiger partial charge in [-0.15, -0.1) is 0 Å². The Hall–Kier alpha value is -2.79. The fraction of sp³-hybridized carbons (Fsp3) is 0.375. The molecule has 0 saturated carbocycles. The van der Waals surface area contributed by atoms with Gasteiger partial charge in [0.2, 0.25) is 5.91 Å². The SMILES string of the molecule is O=C(Cc1c[nH]c2ccccc12)N1CCC[C@@](CO)(CCOc2ccccc2)C1. The molecule has 1 saturated heterocycles. The minimum absolute atomic E-state index is 0.0714. The molecule has 29 heavy (non-hydrogen) atoms. The Morgan fingerprint density at radius 3 is 2.76 bits per heavy atom. The van der Waals surface area contributed by atoms with Crippen molar-refractivity contribution in [3.8, 4) is 5.75 Å². The van der Waals surface area contributed by atoms with Crippen LogP contribution in [0.1, 0.15) is 24.8 Å². The number of piperidine rings is 1. The van der Waals surface area contributed by atoms with Crippen molar-refractivity contribution in [2.45, 2.75) is 25.7 Å². The first-order chi connectivity index (χ1) is 14.2. The number of para-hydroxylation sites is 2. The summed E-state index contributed by atoms with van der Waals surface area (Å²) in [7, 11) is 0. The van der Waals surface area contributed by atoms with E-state index in [0.717, 1.165) is 48.0 Å². The van der Waals surface area contributed by atoms with E-state index in [1.54, 1.807) is 0 Å². The van der Waals surface area contributed by atoms with Crippen LogP contribution in [0.5, 0.6) is 5.75 Å². The lowest BCUT2D eigenvalue weighted by Gasteiger charge is -2.42. The highest BCUT2D eigenvalue weighted by Crippen LogP contribution is 2.34. The van der Waals surface area contributed by atoms with Gasteiger partial charge in [-0.2, -0.15) is 0 Å². The molecule has 5 heteroatoms. The van der Waals surface area contributed by atoms with Gasteiger partial charge < -0.3 is 19.7 Å². The maximum Gasteiger partial charge on any atom is 0.227 e. The number of likely N-dealkylation sites (tertiary alicyclic amines) is 1. The Labute approximate surface area is 171 Å². The van der Waals surface area contributed by atoms with Crippen molar-refractivity contribution in [2.24, 2.45) is 5.41 Å². The van der Waals surface area contributed by atoms with E-state index in [2.05, 4.69) is 4.98 Å². The fourth-order valence-electron chi connectivity index (χ4n) is 4.29. The molecule has 2 N–H and O–H groups in total. The van der Waals surface area contributed by atoms with E-state index >= 15 is 0 Å². The number of nitrogens with zero attached hydrogens (tertiary/aromatic N) is 1. The zero-order chi connectivity index (χ0) is 20.1. The van der Waals surface area contributed by atoms with Crippen LogP contribution in [0.3, 0.4) is 0 Å². The smallest absolute Gasteiger partial charge is 0.227 e. The molecule has 0 aliphatic carbocycles. The number of aliphatic hydroxyl groups excluding tert-OH is 1. The monoisotopic (exact) mass is 392 g/mol. The summed E-state index contributed by atoms with van der Waals surface area (Å²) in [6.45, 7) is 1.95. The second-order valence-electron chi connectivity index (χ2n) is 8.02. The molecule has 1 amide bonds. The number of amides is 1. The highest BCUT2D eigenvalue weighted by atomic mass is 16.5. The van der Waals surface area contributed by atoms with E-state index in [9.17, 15) is 9.90 Å². The molecule has 0 unspecified atom stereocenters. The van der Waals surface area contributed by atoms with E-state index in [1.807, 2.05) is 65.7 Å². The maximum atomic E-state index is 13.0. The van der Waals surface area contributed by atoms with Gasteiger partial charge in [-0.25, -0.2) is 0 Å². The Morgan fingerprint density at radius 1 is 1.14 bits per heavy atom. The molecule has 5 nitrogen and oxygen atoms in total. The summed E-state index contributed by atoms with van der Waals surface area (Å²) in [4.78, 5) is 18.2. The lowest BCUT2D eigenvalue weighted by atomic mass is 9.78. The molecule has 152 valence electrons. The van der Waals surface area contributed by atoms with Gasteiger partial charge >= 0.3 is 0 Å². The predicted molar refractivity (Wildman–Crippen MR) is 114 cm³/mol. The molecular weight excluding hydrogens is 364 g/mol. The van der Waals surface area contributed by atoms with Crippen LogP contribution >= 0.6 is 0 Å². The minimum Gasteiger partial charge on any atom is -0.494 e. The molecular formula is C24H28N2O3. The molecule has 4 rings (SSSR count). The molecule has 0 bridgehead atoms. The van der Waals surface area contributed by atoms with E-state index in [-0.39, 0.29) is 17.9 Å².